The number of likely N-dealkylation sites (N-methyl/N-ethyl adjacent to an activating group) is 1. The van der Waals surface area contributed by atoms with Crippen LogP contribution in [0.4, 0.5) is 4.39 Å². The molecule has 1 amide bonds. The Morgan fingerprint density at radius 2 is 2.15 bits per heavy atom. The standard InChI is InChI=1S/C14H19FN2O2.ClH/c1-16-9-12-3-2-8-17(12)14(18)10-19-13-6-4-11(15)5-7-13;/h4-7,12,16H,2-3,8-10H2,1H3;1H. The monoisotopic (exact) mass is 302 g/mol. The van der Waals surface area contributed by atoms with Gasteiger partial charge in [-0.2, -0.15) is 0 Å². The van der Waals surface area contributed by atoms with Gasteiger partial charge in [0.2, 0.25) is 0 Å². The Kier molecular flexibility index (Phi) is 6.75. The molecule has 1 saturated heterocycles. The second-order valence-electron chi connectivity index (χ2n) is 4.68. The van der Waals surface area contributed by atoms with Gasteiger partial charge in [0.15, 0.2) is 6.61 Å². The molecule has 20 heavy (non-hydrogen) atoms. The Bertz CT molecular complexity index is 428. The molecule has 2 rings (SSSR count). The molecule has 4 nitrogen and oxygen atoms in total. The Balaban J connectivity index is 0.00000200. The van der Waals surface area contributed by atoms with Crippen LogP contribution >= 0.6 is 12.4 Å². The van der Waals surface area contributed by atoms with E-state index < -0.39 is 0 Å². The van der Waals surface area contributed by atoms with E-state index in [4.69, 9.17) is 4.74 Å². The molecule has 0 aromatic heterocycles. The number of rotatable bonds is 5. The summed E-state index contributed by atoms with van der Waals surface area (Å²) in [6.07, 6.45) is 2.07. The summed E-state index contributed by atoms with van der Waals surface area (Å²) in [5.41, 5.74) is 0. The van der Waals surface area contributed by atoms with Crippen molar-refractivity contribution in [2.45, 2.75) is 18.9 Å². The Morgan fingerprint density at radius 3 is 2.80 bits per heavy atom. The highest BCUT2D eigenvalue weighted by molar-refractivity contribution is 5.85. The van der Waals surface area contributed by atoms with Gasteiger partial charge in [0.05, 0.1) is 0 Å². The number of halogens is 2. The van der Waals surface area contributed by atoms with Crippen molar-refractivity contribution < 1.29 is 13.9 Å². The highest BCUT2D eigenvalue weighted by atomic mass is 35.5. The highest BCUT2D eigenvalue weighted by Crippen LogP contribution is 2.17. The molecule has 0 aliphatic carbocycles. The summed E-state index contributed by atoms with van der Waals surface area (Å²) >= 11 is 0. The fourth-order valence-electron chi connectivity index (χ4n) is 2.37. The predicted octanol–water partition coefficient (Wildman–Crippen LogP) is 1.84. The number of carbonyl (C=O) groups excluding carboxylic acids is 1. The minimum Gasteiger partial charge on any atom is -0.484 e. The third-order valence-corrected chi connectivity index (χ3v) is 3.31. The van der Waals surface area contributed by atoms with Crippen LogP contribution in [0.3, 0.4) is 0 Å². The number of benzene rings is 1. The van der Waals surface area contributed by atoms with Gasteiger partial charge in [0, 0.05) is 19.1 Å². The van der Waals surface area contributed by atoms with Crippen molar-refractivity contribution in [2.75, 3.05) is 26.7 Å². The van der Waals surface area contributed by atoms with Crippen LogP contribution in [0.1, 0.15) is 12.8 Å². The number of hydrogen-bond acceptors (Lipinski definition) is 3. The maximum Gasteiger partial charge on any atom is 0.260 e. The Labute approximate surface area is 124 Å². The van der Waals surface area contributed by atoms with Crippen molar-refractivity contribution in [3.05, 3.63) is 30.1 Å². The molecule has 1 fully saturated rings. The Hall–Kier alpha value is -1.33. The maximum atomic E-state index is 12.7. The zero-order chi connectivity index (χ0) is 13.7. The van der Waals surface area contributed by atoms with Gasteiger partial charge in [-0.05, 0) is 44.2 Å². The summed E-state index contributed by atoms with van der Waals surface area (Å²) in [7, 11) is 1.88. The first kappa shape index (κ1) is 16.7. The van der Waals surface area contributed by atoms with E-state index >= 15 is 0 Å². The van der Waals surface area contributed by atoms with Crippen LogP contribution in [-0.4, -0.2) is 43.6 Å². The van der Waals surface area contributed by atoms with Crippen molar-refractivity contribution in [2.24, 2.45) is 0 Å². The van der Waals surface area contributed by atoms with Crippen LogP contribution in [0.15, 0.2) is 24.3 Å². The van der Waals surface area contributed by atoms with E-state index in [-0.39, 0.29) is 36.8 Å². The number of carbonyl (C=O) groups is 1. The molecule has 1 atom stereocenters. The van der Waals surface area contributed by atoms with E-state index in [1.165, 1.54) is 24.3 Å². The molecule has 112 valence electrons. The topological polar surface area (TPSA) is 41.6 Å². The summed E-state index contributed by atoms with van der Waals surface area (Å²) in [5, 5.41) is 3.10. The van der Waals surface area contributed by atoms with Crippen LogP contribution in [0, 0.1) is 5.82 Å². The van der Waals surface area contributed by atoms with Crippen molar-refractivity contribution in [3.63, 3.8) is 0 Å². The molecular weight excluding hydrogens is 283 g/mol. The van der Waals surface area contributed by atoms with Crippen LogP contribution in [0.2, 0.25) is 0 Å². The van der Waals surface area contributed by atoms with Gasteiger partial charge < -0.3 is 15.0 Å². The zero-order valence-electron chi connectivity index (χ0n) is 11.5. The molecule has 0 spiro atoms. The average molecular weight is 303 g/mol. The van der Waals surface area contributed by atoms with Gasteiger partial charge in [0.1, 0.15) is 11.6 Å². The summed E-state index contributed by atoms with van der Waals surface area (Å²) < 4.78 is 18.1. The predicted molar refractivity (Wildman–Crippen MR) is 77.8 cm³/mol. The second-order valence-corrected chi connectivity index (χ2v) is 4.68. The SMILES string of the molecule is CNCC1CCCN1C(=O)COc1ccc(F)cc1.Cl. The van der Waals surface area contributed by atoms with Gasteiger partial charge in [-0.15, -0.1) is 12.4 Å². The van der Waals surface area contributed by atoms with E-state index in [0.717, 1.165) is 25.9 Å². The third-order valence-electron chi connectivity index (χ3n) is 3.31. The van der Waals surface area contributed by atoms with Gasteiger partial charge in [0.25, 0.3) is 5.91 Å². The first-order chi connectivity index (χ1) is 9.20. The van der Waals surface area contributed by atoms with E-state index in [2.05, 4.69) is 5.32 Å². The van der Waals surface area contributed by atoms with Crippen molar-refractivity contribution in [1.29, 1.82) is 0 Å². The normalized spacial score (nSPS) is 17.7. The van der Waals surface area contributed by atoms with E-state index in [1.807, 2.05) is 11.9 Å². The van der Waals surface area contributed by atoms with Gasteiger partial charge >= 0.3 is 0 Å². The first-order valence-electron chi connectivity index (χ1n) is 6.53. The van der Waals surface area contributed by atoms with E-state index in [9.17, 15) is 9.18 Å². The molecular formula is C14H20ClFN2O2. The van der Waals surface area contributed by atoms with E-state index in [0.29, 0.717) is 5.75 Å². The van der Waals surface area contributed by atoms with Crippen molar-refractivity contribution >= 4 is 18.3 Å². The van der Waals surface area contributed by atoms with Gasteiger partial charge in [-0.1, -0.05) is 0 Å². The summed E-state index contributed by atoms with van der Waals surface area (Å²) in [5.74, 6) is 0.188. The lowest BCUT2D eigenvalue weighted by atomic mass is 10.2. The van der Waals surface area contributed by atoms with Crippen LogP contribution in [-0.2, 0) is 4.79 Å². The largest absolute Gasteiger partial charge is 0.484 e. The first-order valence-corrected chi connectivity index (χ1v) is 6.53. The van der Waals surface area contributed by atoms with Crippen LogP contribution in [0.5, 0.6) is 5.75 Å². The number of likely N-dealkylation sites (tertiary alicyclic amines) is 1. The average Bonchev–Trinajstić information content (AvgIpc) is 2.86. The van der Waals surface area contributed by atoms with E-state index in [1.54, 1.807) is 0 Å². The Morgan fingerprint density at radius 1 is 1.45 bits per heavy atom. The smallest absolute Gasteiger partial charge is 0.260 e. The zero-order valence-corrected chi connectivity index (χ0v) is 12.3. The molecule has 1 aromatic rings. The second kappa shape index (κ2) is 8.07. The molecule has 1 aliphatic heterocycles. The third kappa shape index (κ3) is 4.35. The maximum absolute atomic E-state index is 12.7. The lowest BCUT2D eigenvalue weighted by Gasteiger charge is -2.24. The molecule has 1 heterocycles. The molecule has 0 radical (unpaired) electrons. The fourth-order valence-corrected chi connectivity index (χ4v) is 2.37. The molecule has 1 aliphatic rings. The van der Waals surface area contributed by atoms with Crippen LogP contribution in [0.25, 0.3) is 0 Å². The van der Waals surface area contributed by atoms with Gasteiger partial charge in [-0.3, -0.25) is 4.79 Å². The summed E-state index contributed by atoms with van der Waals surface area (Å²) in [4.78, 5) is 13.9. The van der Waals surface area contributed by atoms with Crippen molar-refractivity contribution in [1.82, 2.24) is 10.2 Å². The molecule has 1 aromatic carbocycles. The molecule has 0 bridgehead atoms. The fraction of sp³-hybridized carbons (Fsp3) is 0.500. The summed E-state index contributed by atoms with van der Waals surface area (Å²) in [6, 6.07) is 5.95. The molecule has 0 saturated carbocycles. The number of amides is 1. The minimum absolute atomic E-state index is 0. The number of nitrogens with zero attached hydrogens (tertiary/aromatic N) is 1. The number of hydrogen-bond donors (Lipinski definition) is 1. The minimum atomic E-state index is -0.313. The summed E-state index contributed by atoms with van der Waals surface area (Å²) in [6.45, 7) is 1.60. The molecule has 1 unspecified atom stereocenters. The van der Waals surface area contributed by atoms with Crippen molar-refractivity contribution in [3.8, 4) is 5.75 Å². The quantitative estimate of drug-likeness (QED) is 0.902. The molecule has 1 N–H and O–H groups in total. The lowest BCUT2D eigenvalue weighted by Crippen LogP contribution is -2.43. The highest BCUT2D eigenvalue weighted by Gasteiger charge is 2.28. The van der Waals surface area contributed by atoms with Gasteiger partial charge in [-0.25, -0.2) is 4.39 Å². The van der Waals surface area contributed by atoms with Crippen LogP contribution < -0.4 is 10.1 Å². The number of nitrogens with one attached hydrogen (secondary N) is 1. The number of ether oxygens (including phenoxy) is 1. The lowest BCUT2D eigenvalue weighted by molar-refractivity contribution is -0.134. The molecule has 6 heteroatoms.